The number of rotatable bonds is 12. The number of nitrogens with one attached hydrogen (secondary N) is 3. The summed E-state index contributed by atoms with van der Waals surface area (Å²) in [6.45, 7) is 1.07. The van der Waals surface area contributed by atoms with Gasteiger partial charge in [-0.25, -0.2) is 4.79 Å². The average Bonchev–Trinajstić information content (AvgIpc) is 2.54. The number of carbonyl (C=O) groups excluding carboxylic acids is 4. The summed E-state index contributed by atoms with van der Waals surface area (Å²) in [6.07, 6.45) is 1.45. The average molecular weight is 391 g/mol. The molecule has 0 rings (SSSR count). The zero-order chi connectivity index (χ0) is 20.3. The third-order valence-corrected chi connectivity index (χ3v) is 3.76. The molecule has 0 radical (unpaired) electrons. The Bertz CT molecular complexity index is 542. The molecule has 148 valence electrons. The van der Waals surface area contributed by atoms with Gasteiger partial charge in [0.05, 0.1) is 19.0 Å². The second-order valence-corrected chi connectivity index (χ2v) is 6.46. The summed E-state index contributed by atoms with van der Waals surface area (Å²) in [7, 11) is 0. The van der Waals surface area contributed by atoms with Crippen molar-refractivity contribution in [2.45, 2.75) is 37.9 Å². The van der Waals surface area contributed by atoms with Crippen LogP contribution in [0.1, 0.15) is 19.8 Å². The summed E-state index contributed by atoms with van der Waals surface area (Å²) in [6, 6.07) is -3.31. The molecule has 0 fully saturated rings. The van der Waals surface area contributed by atoms with Crippen LogP contribution in [0.2, 0.25) is 0 Å². The first kappa shape index (κ1) is 23.7. The van der Waals surface area contributed by atoms with Gasteiger partial charge in [0.1, 0.15) is 12.1 Å². The summed E-state index contributed by atoms with van der Waals surface area (Å²) >= 11 is 1.42. The topological polar surface area (TPSA) is 194 Å². The Balaban J connectivity index is 4.86. The van der Waals surface area contributed by atoms with Crippen LogP contribution >= 0.6 is 11.8 Å². The van der Waals surface area contributed by atoms with Gasteiger partial charge in [-0.2, -0.15) is 11.8 Å². The zero-order valence-corrected chi connectivity index (χ0v) is 15.4. The second-order valence-electron chi connectivity index (χ2n) is 5.48. The van der Waals surface area contributed by atoms with Crippen molar-refractivity contribution in [2.24, 2.45) is 11.5 Å². The number of thioether (sulfide) groups is 1. The number of carboxylic acid groups (broad SMARTS) is 1. The minimum Gasteiger partial charge on any atom is -0.480 e. The first-order valence-electron chi connectivity index (χ1n) is 7.71. The number of carboxylic acids is 1. The Labute approximate surface area is 155 Å². The van der Waals surface area contributed by atoms with Gasteiger partial charge in [0, 0.05) is 0 Å². The molecule has 11 nitrogen and oxygen atoms in total. The molecular weight excluding hydrogens is 366 g/mol. The number of hydrogen-bond acceptors (Lipinski definition) is 7. The molecule has 12 heteroatoms. The Kier molecular flexibility index (Phi) is 11.0. The smallest absolute Gasteiger partial charge is 0.326 e. The minimum atomic E-state index is -1.49. The highest BCUT2D eigenvalue weighted by Gasteiger charge is 2.27. The van der Waals surface area contributed by atoms with E-state index in [1.807, 2.05) is 0 Å². The standard InChI is InChI=1S/C14H25N5O6S/c1-7(15)12(22)17-6-11(21)18-8(3-4-26-2)13(23)19-9(14(24)25)5-10(16)20/h7-9H,3-6,15H2,1-2H3,(H2,16,20)(H,17,22)(H,18,21)(H,19,23)(H,24,25). The van der Waals surface area contributed by atoms with E-state index in [9.17, 15) is 24.0 Å². The van der Waals surface area contributed by atoms with Gasteiger partial charge < -0.3 is 32.5 Å². The molecule has 0 aliphatic rings. The third kappa shape index (κ3) is 9.84. The largest absolute Gasteiger partial charge is 0.480 e. The van der Waals surface area contributed by atoms with Gasteiger partial charge in [-0.05, 0) is 25.4 Å². The first-order valence-corrected chi connectivity index (χ1v) is 9.10. The maximum absolute atomic E-state index is 12.3. The number of nitrogens with two attached hydrogens (primary N) is 2. The SMILES string of the molecule is CSCCC(NC(=O)CNC(=O)C(C)N)C(=O)NC(CC(N)=O)C(=O)O. The van der Waals surface area contributed by atoms with Gasteiger partial charge in [-0.3, -0.25) is 19.2 Å². The molecule has 0 heterocycles. The van der Waals surface area contributed by atoms with Crippen LogP contribution in [0.25, 0.3) is 0 Å². The number of amides is 4. The maximum atomic E-state index is 12.3. The van der Waals surface area contributed by atoms with Crippen LogP contribution in [0.15, 0.2) is 0 Å². The summed E-state index contributed by atoms with van der Waals surface area (Å²) < 4.78 is 0. The van der Waals surface area contributed by atoms with E-state index < -0.39 is 54.1 Å². The van der Waals surface area contributed by atoms with E-state index in [2.05, 4.69) is 16.0 Å². The van der Waals surface area contributed by atoms with Crippen LogP contribution < -0.4 is 27.4 Å². The Morgan fingerprint density at radius 3 is 2.15 bits per heavy atom. The quantitative estimate of drug-likeness (QED) is 0.204. The summed E-state index contributed by atoms with van der Waals surface area (Å²) in [5.41, 5.74) is 10.3. The van der Waals surface area contributed by atoms with Crippen molar-refractivity contribution >= 4 is 41.4 Å². The van der Waals surface area contributed by atoms with E-state index in [1.54, 1.807) is 6.26 Å². The molecule has 4 amide bonds. The summed E-state index contributed by atoms with van der Waals surface area (Å²) in [4.78, 5) is 57.5. The van der Waals surface area contributed by atoms with Crippen LogP contribution in [0.3, 0.4) is 0 Å². The highest BCUT2D eigenvalue weighted by atomic mass is 32.2. The fraction of sp³-hybridized carbons (Fsp3) is 0.643. The molecule has 0 aromatic carbocycles. The van der Waals surface area contributed by atoms with Crippen LogP contribution in [0.5, 0.6) is 0 Å². The predicted octanol–water partition coefficient (Wildman–Crippen LogP) is -2.87. The van der Waals surface area contributed by atoms with E-state index in [4.69, 9.17) is 16.6 Å². The van der Waals surface area contributed by atoms with Gasteiger partial charge in [0.25, 0.3) is 0 Å². The van der Waals surface area contributed by atoms with Gasteiger partial charge in [-0.1, -0.05) is 0 Å². The van der Waals surface area contributed by atoms with E-state index >= 15 is 0 Å². The normalized spacial score (nSPS) is 13.8. The van der Waals surface area contributed by atoms with Crippen molar-refractivity contribution in [2.75, 3.05) is 18.6 Å². The molecule has 0 saturated heterocycles. The number of hydrogen-bond donors (Lipinski definition) is 6. The van der Waals surface area contributed by atoms with Crippen molar-refractivity contribution < 1.29 is 29.1 Å². The maximum Gasteiger partial charge on any atom is 0.326 e. The molecule has 0 aromatic rings. The lowest BCUT2D eigenvalue weighted by Crippen LogP contribution is -2.54. The monoisotopic (exact) mass is 391 g/mol. The van der Waals surface area contributed by atoms with Crippen LogP contribution in [-0.4, -0.2) is 71.4 Å². The van der Waals surface area contributed by atoms with Crippen molar-refractivity contribution in [3.05, 3.63) is 0 Å². The van der Waals surface area contributed by atoms with E-state index in [0.29, 0.717) is 5.75 Å². The molecule has 0 aromatic heterocycles. The lowest BCUT2D eigenvalue weighted by atomic mass is 10.1. The van der Waals surface area contributed by atoms with Gasteiger partial charge in [0.15, 0.2) is 0 Å². The lowest BCUT2D eigenvalue weighted by Gasteiger charge is -2.21. The molecule has 26 heavy (non-hydrogen) atoms. The zero-order valence-electron chi connectivity index (χ0n) is 14.6. The molecule has 3 unspecified atom stereocenters. The molecule has 3 atom stereocenters. The summed E-state index contributed by atoms with van der Waals surface area (Å²) in [5, 5.41) is 15.9. The van der Waals surface area contributed by atoms with Crippen LogP contribution in [0, 0.1) is 0 Å². The van der Waals surface area contributed by atoms with Gasteiger partial charge in [-0.15, -0.1) is 0 Å². The van der Waals surface area contributed by atoms with Crippen LogP contribution in [0.4, 0.5) is 0 Å². The van der Waals surface area contributed by atoms with Crippen LogP contribution in [-0.2, 0) is 24.0 Å². The summed E-state index contributed by atoms with van der Waals surface area (Å²) in [5.74, 6) is -3.73. The molecule has 0 saturated carbocycles. The van der Waals surface area contributed by atoms with Crippen molar-refractivity contribution in [3.8, 4) is 0 Å². The third-order valence-electron chi connectivity index (χ3n) is 3.12. The second kappa shape index (κ2) is 12.1. The Hall–Kier alpha value is -2.34. The predicted molar refractivity (Wildman–Crippen MR) is 95.0 cm³/mol. The first-order chi connectivity index (χ1) is 12.1. The van der Waals surface area contributed by atoms with E-state index in [1.165, 1.54) is 18.7 Å². The van der Waals surface area contributed by atoms with E-state index in [-0.39, 0.29) is 13.0 Å². The highest BCUT2D eigenvalue weighted by molar-refractivity contribution is 7.98. The van der Waals surface area contributed by atoms with Crippen molar-refractivity contribution in [1.82, 2.24) is 16.0 Å². The lowest BCUT2D eigenvalue weighted by molar-refractivity contribution is -0.143. The number of primary amides is 1. The minimum absolute atomic E-state index is 0.225. The number of aliphatic carboxylic acids is 1. The molecule has 0 aliphatic heterocycles. The Morgan fingerprint density at radius 1 is 1.08 bits per heavy atom. The van der Waals surface area contributed by atoms with Crippen molar-refractivity contribution in [3.63, 3.8) is 0 Å². The molecule has 8 N–H and O–H groups in total. The fourth-order valence-corrected chi connectivity index (χ4v) is 2.22. The fourth-order valence-electron chi connectivity index (χ4n) is 1.75. The van der Waals surface area contributed by atoms with Crippen molar-refractivity contribution in [1.29, 1.82) is 0 Å². The van der Waals surface area contributed by atoms with Gasteiger partial charge in [0.2, 0.25) is 23.6 Å². The number of carbonyl (C=O) groups is 5. The highest BCUT2D eigenvalue weighted by Crippen LogP contribution is 2.03. The van der Waals surface area contributed by atoms with E-state index in [0.717, 1.165) is 0 Å². The molecule has 0 spiro atoms. The molecule has 0 aliphatic carbocycles. The Morgan fingerprint density at radius 2 is 1.69 bits per heavy atom. The van der Waals surface area contributed by atoms with Gasteiger partial charge >= 0.3 is 5.97 Å². The molecule has 0 bridgehead atoms. The molecular formula is C14H25N5O6S.